The minimum absolute atomic E-state index is 0.0423. The van der Waals surface area contributed by atoms with Crippen LogP contribution >= 0.6 is 11.6 Å². The van der Waals surface area contributed by atoms with Crippen molar-refractivity contribution in [2.24, 2.45) is 0 Å². The van der Waals surface area contributed by atoms with Gasteiger partial charge in [-0.25, -0.2) is 0 Å². The molecule has 1 aromatic carbocycles. The summed E-state index contributed by atoms with van der Waals surface area (Å²) in [5, 5.41) is 6.56. The van der Waals surface area contributed by atoms with E-state index in [1.54, 1.807) is 30.5 Å². The van der Waals surface area contributed by atoms with Crippen LogP contribution in [-0.2, 0) is 11.3 Å². The van der Waals surface area contributed by atoms with Gasteiger partial charge in [0, 0.05) is 23.8 Å². The van der Waals surface area contributed by atoms with Crippen molar-refractivity contribution in [3.05, 3.63) is 58.0 Å². The number of nitrogens with one attached hydrogen (secondary N) is 2. The Kier molecular flexibility index (Phi) is 5.61. The summed E-state index contributed by atoms with van der Waals surface area (Å²) in [4.78, 5) is 23.7. The molecule has 1 aromatic heterocycles. The molecule has 2 rings (SSSR count). The van der Waals surface area contributed by atoms with Gasteiger partial charge in [0.05, 0.1) is 11.4 Å². The van der Waals surface area contributed by atoms with E-state index in [4.69, 9.17) is 11.6 Å². The van der Waals surface area contributed by atoms with Crippen LogP contribution in [0.1, 0.15) is 13.3 Å². The third-order valence-electron chi connectivity index (χ3n) is 3.03. The number of anilines is 2. The smallest absolute Gasteiger partial charge is 0.250 e. The largest absolute Gasteiger partial charge is 0.383 e. The number of hydrogen-bond acceptors (Lipinski definition) is 3. The van der Waals surface area contributed by atoms with Crippen molar-refractivity contribution >= 4 is 28.9 Å². The molecule has 116 valence electrons. The molecule has 0 unspecified atom stereocenters. The number of carbonyl (C=O) groups is 1. The Morgan fingerprint density at radius 1 is 1.23 bits per heavy atom. The fourth-order valence-corrected chi connectivity index (χ4v) is 2.14. The SMILES string of the molecule is CCCNc1ccc(Cl)cc1NC(=O)Cn1ccccc1=O. The predicted octanol–water partition coefficient (Wildman–Crippen LogP) is 2.96. The van der Waals surface area contributed by atoms with Crippen molar-refractivity contribution in [1.29, 1.82) is 0 Å². The predicted molar refractivity (Wildman–Crippen MR) is 89.6 cm³/mol. The minimum Gasteiger partial charge on any atom is -0.383 e. The van der Waals surface area contributed by atoms with Gasteiger partial charge in [0.1, 0.15) is 6.54 Å². The molecule has 0 spiro atoms. The first-order chi connectivity index (χ1) is 10.6. The maximum Gasteiger partial charge on any atom is 0.250 e. The van der Waals surface area contributed by atoms with Crippen LogP contribution in [0.3, 0.4) is 0 Å². The third kappa shape index (κ3) is 4.36. The fourth-order valence-electron chi connectivity index (χ4n) is 1.97. The standard InChI is InChI=1S/C16H18ClN3O2/c1-2-8-18-13-7-6-12(17)10-14(13)19-15(21)11-20-9-4-3-5-16(20)22/h3-7,9-10,18H,2,8,11H2,1H3,(H,19,21). The maximum absolute atomic E-state index is 12.1. The highest BCUT2D eigenvalue weighted by molar-refractivity contribution is 6.31. The first-order valence-corrected chi connectivity index (χ1v) is 7.46. The maximum atomic E-state index is 12.1. The molecule has 0 radical (unpaired) electrons. The van der Waals surface area contributed by atoms with Crippen LogP contribution in [0.2, 0.25) is 5.02 Å². The molecule has 0 aliphatic rings. The third-order valence-corrected chi connectivity index (χ3v) is 3.27. The number of aromatic nitrogens is 1. The summed E-state index contributed by atoms with van der Waals surface area (Å²) in [6.07, 6.45) is 2.55. The highest BCUT2D eigenvalue weighted by Gasteiger charge is 2.09. The molecule has 0 bridgehead atoms. The Bertz CT molecular complexity index is 713. The van der Waals surface area contributed by atoms with Crippen LogP contribution in [0.5, 0.6) is 0 Å². The zero-order valence-electron chi connectivity index (χ0n) is 12.3. The topological polar surface area (TPSA) is 63.1 Å². The molecular weight excluding hydrogens is 302 g/mol. The van der Waals surface area contributed by atoms with Gasteiger partial charge in [-0.2, -0.15) is 0 Å². The highest BCUT2D eigenvalue weighted by atomic mass is 35.5. The molecule has 1 heterocycles. The van der Waals surface area contributed by atoms with Gasteiger partial charge in [-0.15, -0.1) is 0 Å². The summed E-state index contributed by atoms with van der Waals surface area (Å²) in [6.45, 7) is 2.81. The molecule has 0 atom stereocenters. The zero-order valence-corrected chi connectivity index (χ0v) is 13.1. The van der Waals surface area contributed by atoms with E-state index in [9.17, 15) is 9.59 Å². The van der Waals surface area contributed by atoms with E-state index in [0.29, 0.717) is 10.7 Å². The molecule has 0 saturated heterocycles. The Labute approximate surface area is 133 Å². The van der Waals surface area contributed by atoms with Crippen LogP contribution in [-0.4, -0.2) is 17.0 Å². The lowest BCUT2D eigenvalue weighted by atomic mass is 10.2. The molecule has 1 amide bonds. The van der Waals surface area contributed by atoms with Crippen LogP contribution < -0.4 is 16.2 Å². The van der Waals surface area contributed by atoms with E-state index < -0.39 is 0 Å². The molecule has 0 saturated carbocycles. The van der Waals surface area contributed by atoms with Gasteiger partial charge in [-0.3, -0.25) is 9.59 Å². The second-order valence-electron chi connectivity index (χ2n) is 4.83. The lowest BCUT2D eigenvalue weighted by molar-refractivity contribution is -0.116. The average molecular weight is 320 g/mol. The summed E-state index contributed by atoms with van der Waals surface area (Å²) >= 11 is 5.99. The molecule has 0 aliphatic heterocycles. The Hall–Kier alpha value is -2.27. The van der Waals surface area contributed by atoms with Crippen molar-refractivity contribution in [2.45, 2.75) is 19.9 Å². The molecule has 0 aliphatic carbocycles. The quantitative estimate of drug-likeness (QED) is 0.860. The van der Waals surface area contributed by atoms with Crippen LogP contribution in [0, 0.1) is 0 Å². The Morgan fingerprint density at radius 3 is 2.77 bits per heavy atom. The van der Waals surface area contributed by atoms with Gasteiger partial charge >= 0.3 is 0 Å². The van der Waals surface area contributed by atoms with Gasteiger partial charge in [0.2, 0.25) is 5.91 Å². The summed E-state index contributed by atoms with van der Waals surface area (Å²) in [5.74, 6) is -0.282. The fraction of sp³-hybridized carbons (Fsp3) is 0.250. The van der Waals surface area contributed by atoms with Crippen molar-refractivity contribution in [3.63, 3.8) is 0 Å². The summed E-state index contributed by atoms with van der Waals surface area (Å²) in [5.41, 5.74) is 1.20. The molecule has 5 nitrogen and oxygen atoms in total. The number of hydrogen-bond donors (Lipinski definition) is 2. The molecular formula is C16H18ClN3O2. The number of pyridine rings is 1. The summed E-state index contributed by atoms with van der Waals surface area (Å²) in [6, 6.07) is 10.0. The van der Waals surface area contributed by atoms with Crippen molar-refractivity contribution < 1.29 is 4.79 Å². The first kappa shape index (κ1) is 16.1. The number of carbonyl (C=O) groups excluding carboxylic acids is 1. The van der Waals surface area contributed by atoms with E-state index >= 15 is 0 Å². The summed E-state index contributed by atoms with van der Waals surface area (Å²) < 4.78 is 1.35. The molecule has 0 fully saturated rings. The molecule has 6 heteroatoms. The molecule has 2 aromatic rings. The van der Waals surface area contributed by atoms with E-state index in [-0.39, 0.29) is 18.0 Å². The normalized spacial score (nSPS) is 10.3. The Morgan fingerprint density at radius 2 is 2.05 bits per heavy atom. The van der Waals surface area contributed by atoms with Gasteiger partial charge in [0.15, 0.2) is 0 Å². The van der Waals surface area contributed by atoms with Crippen LogP contribution in [0.15, 0.2) is 47.4 Å². The van der Waals surface area contributed by atoms with Crippen molar-refractivity contribution in [1.82, 2.24) is 4.57 Å². The number of rotatable bonds is 6. The number of benzene rings is 1. The second-order valence-corrected chi connectivity index (χ2v) is 5.27. The van der Waals surface area contributed by atoms with Crippen LogP contribution in [0.4, 0.5) is 11.4 Å². The average Bonchev–Trinajstić information content (AvgIpc) is 2.49. The second kappa shape index (κ2) is 7.66. The zero-order chi connectivity index (χ0) is 15.9. The minimum atomic E-state index is -0.282. The van der Waals surface area contributed by atoms with Gasteiger partial charge < -0.3 is 15.2 Å². The van der Waals surface area contributed by atoms with E-state index in [1.165, 1.54) is 10.6 Å². The lowest BCUT2D eigenvalue weighted by Crippen LogP contribution is -2.26. The van der Waals surface area contributed by atoms with Crippen LogP contribution in [0.25, 0.3) is 0 Å². The first-order valence-electron chi connectivity index (χ1n) is 7.09. The number of halogens is 1. The van der Waals surface area contributed by atoms with Gasteiger partial charge in [-0.05, 0) is 30.7 Å². The number of amides is 1. The number of nitrogens with zero attached hydrogens (tertiary/aromatic N) is 1. The van der Waals surface area contributed by atoms with Gasteiger partial charge in [-0.1, -0.05) is 24.6 Å². The summed E-state index contributed by atoms with van der Waals surface area (Å²) in [7, 11) is 0. The van der Waals surface area contributed by atoms with E-state index in [2.05, 4.69) is 17.6 Å². The monoisotopic (exact) mass is 319 g/mol. The van der Waals surface area contributed by atoms with E-state index in [1.807, 2.05) is 6.07 Å². The van der Waals surface area contributed by atoms with E-state index in [0.717, 1.165) is 18.7 Å². The lowest BCUT2D eigenvalue weighted by Gasteiger charge is -2.13. The molecule has 2 N–H and O–H groups in total. The highest BCUT2D eigenvalue weighted by Crippen LogP contribution is 2.25. The van der Waals surface area contributed by atoms with Crippen molar-refractivity contribution in [2.75, 3.05) is 17.2 Å². The Balaban J connectivity index is 2.12. The molecule has 22 heavy (non-hydrogen) atoms. The van der Waals surface area contributed by atoms with Gasteiger partial charge in [0.25, 0.3) is 5.56 Å². The van der Waals surface area contributed by atoms with Crippen molar-refractivity contribution in [3.8, 4) is 0 Å².